The second-order valence-corrected chi connectivity index (χ2v) is 3.21. The van der Waals surface area contributed by atoms with Gasteiger partial charge < -0.3 is 22.9 Å². The van der Waals surface area contributed by atoms with Crippen LogP contribution in [-0.2, 0) is 0 Å². The first-order chi connectivity index (χ1) is 6.08. The van der Waals surface area contributed by atoms with Crippen LogP contribution in [0.2, 0.25) is 0 Å². The van der Waals surface area contributed by atoms with Crippen LogP contribution in [0.5, 0.6) is 0 Å². The third-order valence-corrected chi connectivity index (χ3v) is 2.32. The molecule has 0 aromatic heterocycles. The maximum Gasteiger partial charge on any atom is 0.0440 e. The molecule has 0 saturated heterocycles. The molecule has 0 aliphatic rings. The van der Waals surface area contributed by atoms with Crippen LogP contribution in [0.15, 0.2) is 11.3 Å². The Labute approximate surface area is 80.3 Å². The minimum Gasteiger partial charge on any atom is -0.401 e. The SMILES string of the molecule is CCC(N)C(N)=C(CN)C(N)CC. The molecular formula is C9H22N4. The largest absolute Gasteiger partial charge is 0.401 e. The Hall–Kier alpha value is -0.580. The molecule has 0 amide bonds. The van der Waals surface area contributed by atoms with Crippen molar-refractivity contribution in [3.8, 4) is 0 Å². The molecular weight excluding hydrogens is 164 g/mol. The van der Waals surface area contributed by atoms with Crippen LogP contribution in [0, 0.1) is 0 Å². The summed E-state index contributed by atoms with van der Waals surface area (Å²) in [7, 11) is 0. The van der Waals surface area contributed by atoms with Crippen molar-refractivity contribution in [2.75, 3.05) is 6.54 Å². The van der Waals surface area contributed by atoms with Crippen molar-refractivity contribution in [2.24, 2.45) is 22.9 Å². The molecule has 0 aromatic carbocycles. The van der Waals surface area contributed by atoms with Crippen molar-refractivity contribution in [1.82, 2.24) is 0 Å². The molecule has 8 N–H and O–H groups in total. The van der Waals surface area contributed by atoms with E-state index in [0.29, 0.717) is 12.2 Å². The Balaban J connectivity index is 4.67. The van der Waals surface area contributed by atoms with Crippen LogP contribution < -0.4 is 22.9 Å². The summed E-state index contributed by atoms with van der Waals surface area (Å²) in [6, 6.07) is -0.168. The van der Waals surface area contributed by atoms with Crippen LogP contribution in [-0.4, -0.2) is 18.6 Å². The average Bonchev–Trinajstić information content (AvgIpc) is 2.17. The van der Waals surface area contributed by atoms with Gasteiger partial charge in [-0.1, -0.05) is 13.8 Å². The third-order valence-electron chi connectivity index (χ3n) is 2.32. The minimum atomic E-state index is -0.115. The highest BCUT2D eigenvalue weighted by Crippen LogP contribution is 2.09. The zero-order chi connectivity index (χ0) is 10.4. The zero-order valence-electron chi connectivity index (χ0n) is 8.59. The van der Waals surface area contributed by atoms with E-state index >= 15 is 0 Å². The summed E-state index contributed by atoms with van der Waals surface area (Å²) in [5, 5.41) is 0. The van der Waals surface area contributed by atoms with E-state index in [4.69, 9.17) is 22.9 Å². The predicted octanol–water partition coefficient (Wildman–Crippen LogP) is -0.367. The smallest absolute Gasteiger partial charge is 0.0440 e. The van der Waals surface area contributed by atoms with Crippen molar-refractivity contribution >= 4 is 0 Å². The lowest BCUT2D eigenvalue weighted by Crippen LogP contribution is -2.36. The molecule has 0 radical (unpaired) electrons. The highest BCUT2D eigenvalue weighted by Gasteiger charge is 2.13. The molecule has 0 saturated carbocycles. The molecule has 13 heavy (non-hydrogen) atoms. The molecule has 2 atom stereocenters. The molecule has 4 heteroatoms. The van der Waals surface area contributed by atoms with E-state index in [9.17, 15) is 0 Å². The van der Waals surface area contributed by atoms with Gasteiger partial charge in [-0.05, 0) is 18.4 Å². The molecule has 0 aliphatic carbocycles. The lowest BCUT2D eigenvalue weighted by atomic mass is 9.99. The molecule has 0 bridgehead atoms. The quantitative estimate of drug-likeness (QED) is 0.470. The Bertz CT molecular complexity index is 176. The molecule has 4 nitrogen and oxygen atoms in total. The summed E-state index contributed by atoms with van der Waals surface area (Å²) in [6.07, 6.45) is 1.65. The van der Waals surface area contributed by atoms with Gasteiger partial charge in [0.05, 0.1) is 0 Å². The maximum atomic E-state index is 5.85. The van der Waals surface area contributed by atoms with Crippen LogP contribution >= 0.6 is 0 Å². The zero-order valence-corrected chi connectivity index (χ0v) is 8.59. The molecule has 0 fully saturated rings. The van der Waals surface area contributed by atoms with E-state index < -0.39 is 0 Å². The van der Waals surface area contributed by atoms with E-state index in [-0.39, 0.29) is 12.1 Å². The Kier molecular flexibility index (Phi) is 5.70. The van der Waals surface area contributed by atoms with Crippen LogP contribution in [0.3, 0.4) is 0 Å². The van der Waals surface area contributed by atoms with Crippen molar-refractivity contribution in [2.45, 2.75) is 38.8 Å². The summed E-state index contributed by atoms with van der Waals surface area (Å²) in [4.78, 5) is 0. The summed E-state index contributed by atoms with van der Waals surface area (Å²) < 4.78 is 0. The summed E-state index contributed by atoms with van der Waals surface area (Å²) >= 11 is 0. The fourth-order valence-electron chi connectivity index (χ4n) is 1.19. The van der Waals surface area contributed by atoms with Gasteiger partial charge in [0.1, 0.15) is 0 Å². The van der Waals surface area contributed by atoms with Crippen molar-refractivity contribution in [1.29, 1.82) is 0 Å². The molecule has 78 valence electrons. The second kappa shape index (κ2) is 5.96. The van der Waals surface area contributed by atoms with E-state index in [1.54, 1.807) is 0 Å². The summed E-state index contributed by atoms with van der Waals surface area (Å²) in [5.74, 6) is 0. The molecule has 0 spiro atoms. The normalized spacial score (nSPS) is 17.9. The van der Waals surface area contributed by atoms with Gasteiger partial charge in [0.2, 0.25) is 0 Å². The topological polar surface area (TPSA) is 104 Å². The Morgan fingerprint density at radius 3 is 1.85 bits per heavy atom. The molecule has 0 aliphatic heterocycles. The second-order valence-electron chi connectivity index (χ2n) is 3.21. The average molecular weight is 186 g/mol. The van der Waals surface area contributed by atoms with Gasteiger partial charge in [-0.25, -0.2) is 0 Å². The molecule has 0 heterocycles. The number of rotatable bonds is 5. The first kappa shape index (κ1) is 12.4. The summed E-state index contributed by atoms with van der Waals surface area (Å²) in [5.41, 5.74) is 24.6. The number of hydrogen-bond donors (Lipinski definition) is 4. The van der Waals surface area contributed by atoms with Gasteiger partial charge in [0.15, 0.2) is 0 Å². The molecule has 0 aromatic rings. The highest BCUT2D eigenvalue weighted by atomic mass is 14.8. The van der Waals surface area contributed by atoms with Crippen molar-refractivity contribution in [3.63, 3.8) is 0 Å². The molecule has 2 unspecified atom stereocenters. The highest BCUT2D eigenvalue weighted by molar-refractivity contribution is 5.22. The standard InChI is InChI=1S/C9H22N4/c1-3-7(11)6(5-10)9(13)8(12)4-2/h7-8H,3-5,10-13H2,1-2H3. The van der Waals surface area contributed by atoms with Gasteiger partial charge in [0.25, 0.3) is 0 Å². The summed E-state index contributed by atoms with van der Waals surface area (Å²) in [6.45, 7) is 4.39. The maximum absolute atomic E-state index is 5.85. The fraction of sp³-hybridized carbons (Fsp3) is 0.778. The van der Waals surface area contributed by atoms with E-state index in [2.05, 4.69) is 0 Å². The van der Waals surface area contributed by atoms with E-state index in [1.807, 2.05) is 13.8 Å². The van der Waals surface area contributed by atoms with E-state index in [0.717, 1.165) is 18.4 Å². The van der Waals surface area contributed by atoms with Crippen LogP contribution in [0.1, 0.15) is 26.7 Å². The van der Waals surface area contributed by atoms with Gasteiger partial charge in [0, 0.05) is 24.3 Å². The predicted molar refractivity (Wildman–Crippen MR) is 56.8 cm³/mol. The number of hydrogen-bond acceptors (Lipinski definition) is 4. The Morgan fingerprint density at radius 2 is 1.54 bits per heavy atom. The third kappa shape index (κ3) is 3.34. The first-order valence-electron chi connectivity index (χ1n) is 4.78. The van der Waals surface area contributed by atoms with Crippen molar-refractivity contribution in [3.05, 3.63) is 11.3 Å². The molecule has 0 rings (SSSR count). The van der Waals surface area contributed by atoms with Gasteiger partial charge in [-0.3, -0.25) is 0 Å². The first-order valence-corrected chi connectivity index (χ1v) is 4.78. The van der Waals surface area contributed by atoms with Gasteiger partial charge in [-0.2, -0.15) is 0 Å². The minimum absolute atomic E-state index is 0.0531. The Morgan fingerprint density at radius 1 is 1.08 bits per heavy atom. The lowest BCUT2D eigenvalue weighted by molar-refractivity contribution is 0.664. The fourth-order valence-corrected chi connectivity index (χ4v) is 1.19. The lowest BCUT2D eigenvalue weighted by Gasteiger charge is -2.19. The van der Waals surface area contributed by atoms with Gasteiger partial charge in [-0.15, -0.1) is 0 Å². The van der Waals surface area contributed by atoms with Crippen LogP contribution in [0.4, 0.5) is 0 Å². The van der Waals surface area contributed by atoms with E-state index in [1.165, 1.54) is 0 Å². The van der Waals surface area contributed by atoms with Gasteiger partial charge >= 0.3 is 0 Å². The van der Waals surface area contributed by atoms with Crippen molar-refractivity contribution < 1.29 is 0 Å². The number of nitrogens with two attached hydrogens (primary N) is 4. The monoisotopic (exact) mass is 186 g/mol. The van der Waals surface area contributed by atoms with Crippen LogP contribution in [0.25, 0.3) is 0 Å².